The largest absolute Gasteiger partial charge is 0.326 e. The zero-order chi connectivity index (χ0) is 8.48. The monoisotopic (exact) mass is 224 g/mol. The lowest BCUT2D eigenvalue weighted by atomic mass is 10.2. The van der Waals surface area contributed by atoms with E-state index in [0.29, 0.717) is 0 Å². The van der Waals surface area contributed by atoms with Gasteiger partial charge in [0.25, 0.3) is 0 Å². The van der Waals surface area contributed by atoms with Crippen molar-refractivity contribution in [2.45, 2.75) is 4.83 Å². The van der Waals surface area contributed by atoms with E-state index in [1.807, 2.05) is 0 Å². The summed E-state index contributed by atoms with van der Waals surface area (Å²) in [4.78, 5) is -3.07. The molecule has 0 fully saturated rings. The zero-order valence-electron chi connectivity index (χ0n) is 5.32. The van der Waals surface area contributed by atoms with Crippen molar-refractivity contribution >= 4 is 15.9 Å². The minimum Gasteiger partial charge on any atom is -0.207 e. The molecule has 0 amide bonds. The highest BCUT2D eigenvalue weighted by molar-refractivity contribution is 9.09. The van der Waals surface area contributed by atoms with Crippen molar-refractivity contribution in [1.82, 2.24) is 0 Å². The van der Waals surface area contributed by atoms with Gasteiger partial charge < -0.3 is 0 Å². The zero-order valence-corrected chi connectivity index (χ0v) is 6.91. The number of benzene rings is 1. The van der Waals surface area contributed by atoms with Crippen molar-refractivity contribution < 1.29 is 13.2 Å². The van der Waals surface area contributed by atoms with Gasteiger partial charge >= 0.3 is 4.83 Å². The van der Waals surface area contributed by atoms with Gasteiger partial charge in [0.1, 0.15) is 5.82 Å². The summed E-state index contributed by atoms with van der Waals surface area (Å²) in [5.41, 5.74) is -0.251. The van der Waals surface area contributed by atoms with Crippen LogP contribution in [0, 0.1) is 5.82 Å². The van der Waals surface area contributed by atoms with Crippen LogP contribution < -0.4 is 0 Å². The SMILES string of the molecule is Fc1ccc(C(F)(F)Br)cc1. The maximum atomic E-state index is 12.4. The first-order valence-electron chi connectivity index (χ1n) is 2.83. The Balaban J connectivity index is 2.99. The van der Waals surface area contributed by atoms with E-state index in [1.165, 1.54) is 0 Å². The Morgan fingerprint density at radius 1 is 1.09 bits per heavy atom. The van der Waals surface area contributed by atoms with Crippen LogP contribution in [-0.2, 0) is 4.83 Å². The van der Waals surface area contributed by atoms with Crippen LogP contribution in [0.2, 0.25) is 0 Å². The molecule has 0 nitrogen and oxygen atoms in total. The van der Waals surface area contributed by atoms with E-state index in [1.54, 1.807) is 0 Å². The van der Waals surface area contributed by atoms with Gasteiger partial charge in [-0.3, -0.25) is 0 Å². The van der Waals surface area contributed by atoms with Crippen LogP contribution >= 0.6 is 15.9 Å². The van der Waals surface area contributed by atoms with Crippen LogP contribution in [0.4, 0.5) is 13.2 Å². The second kappa shape index (κ2) is 2.85. The van der Waals surface area contributed by atoms with Gasteiger partial charge in [-0.1, -0.05) is 0 Å². The molecule has 0 unspecified atom stereocenters. The highest BCUT2D eigenvalue weighted by Gasteiger charge is 2.26. The van der Waals surface area contributed by atoms with E-state index in [9.17, 15) is 13.2 Å². The quantitative estimate of drug-likeness (QED) is 0.643. The molecule has 60 valence electrons. The lowest BCUT2D eigenvalue weighted by Gasteiger charge is -2.06. The fourth-order valence-electron chi connectivity index (χ4n) is 0.639. The summed E-state index contributed by atoms with van der Waals surface area (Å²) in [6.07, 6.45) is 0. The number of halogens is 4. The standard InChI is InChI=1S/C7H4BrF3/c8-7(10,11)5-1-3-6(9)4-2-5/h1-4H. The van der Waals surface area contributed by atoms with Gasteiger partial charge in [-0.05, 0) is 40.2 Å². The molecule has 0 saturated heterocycles. The highest BCUT2D eigenvalue weighted by atomic mass is 79.9. The normalized spacial score (nSPS) is 11.6. The van der Waals surface area contributed by atoms with Crippen LogP contribution in [0.25, 0.3) is 0 Å². The fourth-order valence-corrected chi connectivity index (χ4v) is 0.903. The van der Waals surface area contributed by atoms with Crippen molar-refractivity contribution in [2.24, 2.45) is 0 Å². The van der Waals surface area contributed by atoms with E-state index < -0.39 is 10.6 Å². The molecule has 0 heterocycles. The van der Waals surface area contributed by atoms with E-state index in [-0.39, 0.29) is 5.56 Å². The van der Waals surface area contributed by atoms with Crippen molar-refractivity contribution in [3.63, 3.8) is 0 Å². The van der Waals surface area contributed by atoms with Crippen LogP contribution in [0.1, 0.15) is 5.56 Å². The highest BCUT2D eigenvalue weighted by Crippen LogP contribution is 2.34. The van der Waals surface area contributed by atoms with Crippen molar-refractivity contribution in [1.29, 1.82) is 0 Å². The first-order chi connectivity index (χ1) is 5.00. The predicted octanol–water partition coefficient (Wildman–Crippen LogP) is 3.27. The number of hydrogen-bond acceptors (Lipinski definition) is 0. The van der Waals surface area contributed by atoms with Crippen LogP contribution in [0.15, 0.2) is 24.3 Å². The van der Waals surface area contributed by atoms with Crippen LogP contribution in [0.5, 0.6) is 0 Å². The Kier molecular flexibility index (Phi) is 2.23. The van der Waals surface area contributed by atoms with Gasteiger partial charge in [0.2, 0.25) is 0 Å². The Morgan fingerprint density at radius 3 is 1.91 bits per heavy atom. The fraction of sp³-hybridized carbons (Fsp3) is 0.143. The van der Waals surface area contributed by atoms with E-state index in [0.717, 1.165) is 24.3 Å². The molecule has 0 aliphatic carbocycles. The molecule has 0 aliphatic rings. The molecule has 0 radical (unpaired) electrons. The topological polar surface area (TPSA) is 0 Å². The molecule has 0 spiro atoms. The minimum atomic E-state index is -3.07. The lowest BCUT2D eigenvalue weighted by Crippen LogP contribution is -2.01. The van der Waals surface area contributed by atoms with Gasteiger partial charge in [-0.15, -0.1) is 0 Å². The summed E-state index contributed by atoms with van der Waals surface area (Å²) in [7, 11) is 0. The smallest absolute Gasteiger partial charge is 0.207 e. The molecule has 1 rings (SSSR count). The number of hydrogen-bond donors (Lipinski definition) is 0. The number of alkyl halides is 3. The van der Waals surface area contributed by atoms with E-state index >= 15 is 0 Å². The lowest BCUT2D eigenvalue weighted by molar-refractivity contribution is 0.114. The molecule has 0 saturated carbocycles. The average Bonchev–Trinajstić information content (AvgIpc) is 1.86. The summed E-state index contributed by atoms with van der Waals surface area (Å²) in [6, 6.07) is 4.04. The molecular formula is C7H4BrF3. The molecular weight excluding hydrogens is 221 g/mol. The third-order valence-corrected chi connectivity index (χ3v) is 1.63. The Labute approximate surface area is 70.2 Å². The third kappa shape index (κ3) is 2.22. The van der Waals surface area contributed by atoms with Crippen molar-refractivity contribution in [2.75, 3.05) is 0 Å². The maximum Gasteiger partial charge on any atom is 0.326 e. The van der Waals surface area contributed by atoms with Gasteiger partial charge in [-0.25, -0.2) is 4.39 Å². The Morgan fingerprint density at radius 2 is 1.55 bits per heavy atom. The first kappa shape index (κ1) is 8.59. The van der Waals surface area contributed by atoms with Crippen LogP contribution in [0.3, 0.4) is 0 Å². The summed E-state index contributed by atoms with van der Waals surface area (Å²) < 4.78 is 37.0. The van der Waals surface area contributed by atoms with E-state index in [4.69, 9.17) is 0 Å². The molecule has 0 atom stereocenters. The second-order valence-electron chi connectivity index (χ2n) is 2.00. The van der Waals surface area contributed by atoms with Crippen LogP contribution in [-0.4, -0.2) is 0 Å². The molecule has 4 heteroatoms. The molecule has 11 heavy (non-hydrogen) atoms. The average molecular weight is 225 g/mol. The van der Waals surface area contributed by atoms with Gasteiger partial charge in [0, 0.05) is 5.56 Å². The van der Waals surface area contributed by atoms with Gasteiger partial charge in [0.15, 0.2) is 0 Å². The summed E-state index contributed by atoms with van der Waals surface area (Å²) >= 11 is 2.16. The molecule has 0 aromatic heterocycles. The molecule has 1 aromatic rings. The van der Waals surface area contributed by atoms with Gasteiger partial charge in [0.05, 0.1) is 0 Å². The molecule has 1 aromatic carbocycles. The van der Waals surface area contributed by atoms with Gasteiger partial charge in [-0.2, -0.15) is 8.78 Å². The summed E-state index contributed by atoms with van der Waals surface area (Å²) in [5, 5.41) is 0. The summed E-state index contributed by atoms with van der Waals surface area (Å²) in [5.74, 6) is -0.523. The first-order valence-corrected chi connectivity index (χ1v) is 3.62. The van der Waals surface area contributed by atoms with Crippen molar-refractivity contribution in [3.8, 4) is 0 Å². The van der Waals surface area contributed by atoms with E-state index in [2.05, 4.69) is 15.9 Å². The Hall–Kier alpha value is -0.510. The van der Waals surface area contributed by atoms with Crippen molar-refractivity contribution in [3.05, 3.63) is 35.6 Å². The molecule has 0 N–H and O–H groups in total. The second-order valence-corrected chi connectivity index (χ2v) is 3.00. The maximum absolute atomic E-state index is 12.4. The number of rotatable bonds is 1. The Bertz CT molecular complexity index is 237. The minimum absolute atomic E-state index is 0.251. The third-order valence-electron chi connectivity index (χ3n) is 1.17. The predicted molar refractivity (Wildman–Crippen MR) is 39.2 cm³/mol. The summed E-state index contributed by atoms with van der Waals surface area (Å²) in [6.45, 7) is 0. The molecule has 0 aliphatic heterocycles. The molecule has 0 bridgehead atoms.